The van der Waals surface area contributed by atoms with Gasteiger partial charge in [-0.2, -0.15) is 0 Å². The van der Waals surface area contributed by atoms with E-state index in [9.17, 15) is 0 Å². The van der Waals surface area contributed by atoms with Crippen LogP contribution in [0.25, 0.3) is 0 Å². The number of ether oxygens (including phenoxy) is 1. The van der Waals surface area contributed by atoms with E-state index in [1.54, 1.807) is 0 Å². The Balaban J connectivity index is 3.11. The predicted molar refractivity (Wildman–Crippen MR) is 87.5 cm³/mol. The summed E-state index contributed by atoms with van der Waals surface area (Å²) in [6, 6.07) is 4.89. The molecule has 0 aromatic heterocycles. The zero-order valence-corrected chi connectivity index (χ0v) is 14.3. The zero-order chi connectivity index (χ0) is 15.3. The molecule has 0 aliphatic carbocycles. The molecule has 0 saturated carbocycles. The Hall–Kier alpha value is -0.860. The molecule has 0 heterocycles. The summed E-state index contributed by atoms with van der Waals surface area (Å²) in [7, 11) is 3.88. The molecule has 2 nitrogen and oxygen atoms in total. The lowest BCUT2D eigenvalue weighted by atomic mass is 9.82. The Morgan fingerprint density at radius 2 is 1.60 bits per heavy atom. The van der Waals surface area contributed by atoms with E-state index in [0.717, 1.165) is 19.3 Å². The molecule has 0 amide bonds. The van der Waals surface area contributed by atoms with E-state index in [-0.39, 0.29) is 5.60 Å². The lowest BCUT2D eigenvalue weighted by Gasteiger charge is -2.39. The molecule has 0 fully saturated rings. The molecule has 1 aromatic carbocycles. The molecule has 0 aliphatic heterocycles. The van der Waals surface area contributed by atoms with Crippen LogP contribution in [-0.2, 0) is 11.2 Å². The Morgan fingerprint density at radius 1 is 1.10 bits per heavy atom. The average molecular weight is 277 g/mol. The van der Waals surface area contributed by atoms with Crippen LogP contribution in [0.1, 0.15) is 48.9 Å². The van der Waals surface area contributed by atoms with Crippen LogP contribution in [0.3, 0.4) is 0 Å². The number of aryl methyl sites for hydroxylation is 3. The molecule has 20 heavy (non-hydrogen) atoms. The van der Waals surface area contributed by atoms with Gasteiger partial charge in [0.15, 0.2) is 0 Å². The quantitative estimate of drug-likeness (QED) is 0.815. The lowest BCUT2D eigenvalue weighted by molar-refractivity contribution is -0.0455. The molecule has 0 aliphatic rings. The lowest BCUT2D eigenvalue weighted by Crippen LogP contribution is -2.51. The Labute approximate surface area is 124 Å². The first kappa shape index (κ1) is 17.2. The summed E-state index contributed by atoms with van der Waals surface area (Å²) in [5, 5.41) is 3.49. The highest BCUT2D eigenvalue weighted by atomic mass is 16.5. The fourth-order valence-electron chi connectivity index (χ4n) is 3.46. The van der Waals surface area contributed by atoms with Gasteiger partial charge >= 0.3 is 0 Å². The summed E-state index contributed by atoms with van der Waals surface area (Å²) >= 11 is 0. The van der Waals surface area contributed by atoms with E-state index in [1.165, 1.54) is 22.3 Å². The minimum Gasteiger partial charge on any atom is -0.377 e. The SMILES string of the molecule is CCC(CC)(OC)C(Cc1c(C)cc(C)cc1C)NC. The molecule has 0 radical (unpaired) electrons. The molecule has 1 rings (SSSR count). The Kier molecular flexibility index (Phi) is 6.22. The van der Waals surface area contributed by atoms with Crippen LogP contribution in [0.4, 0.5) is 0 Å². The number of rotatable bonds is 7. The molecule has 2 heteroatoms. The van der Waals surface area contributed by atoms with Gasteiger partial charge in [-0.3, -0.25) is 0 Å². The van der Waals surface area contributed by atoms with Crippen molar-refractivity contribution in [2.45, 2.75) is 65.5 Å². The van der Waals surface area contributed by atoms with Crippen molar-refractivity contribution in [2.75, 3.05) is 14.2 Å². The minimum atomic E-state index is -0.0848. The smallest absolute Gasteiger partial charge is 0.0828 e. The number of benzene rings is 1. The predicted octanol–water partition coefficient (Wildman–Crippen LogP) is 3.95. The van der Waals surface area contributed by atoms with Gasteiger partial charge in [0.05, 0.1) is 5.60 Å². The second kappa shape index (κ2) is 7.24. The van der Waals surface area contributed by atoms with Crippen LogP contribution >= 0.6 is 0 Å². The molecule has 1 aromatic rings. The molecule has 1 unspecified atom stereocenters. The summed E-state index contributed by atoms with van der Waals surface area (Å²) in [5.74, 6) is 0. The van der Waals surface area contributed by atoms with Gasteiger partial charge in [-0.1, -0.05) is 31.5 Å². The average Bonchev–Trinajstić information content (AvgIpc) is 2.42. The number of hydrogen-bond donors (Lipinski definition) is 1. The van der Waals surface area contributed by atoms with E-state index >= 15 is 0 Å². The van der Waals surface area contributed by atoms with E-state index < -0.39 is 0 Å². The van der Waals surface area contributed by atoms with Gasteiger partial charge in [0, 0.05) is 13.2 Å². The summed E-state index contributed by atoms with van der Waals surface area (Å²) in [4.78, 5) is 0. The van der Waals surface area contributed by atoms with E-state index in [4.69, 9.17) is 4.74 Å². The maximum Gasteiger partial charge on any atom is 0.0828 e. The molecule has 0 bridgehead atoms. The van der Waals surface area contributed by atoms with Crippen LogP contribution in [-0.4, -0.2) is 25.8 Å². The van der Waals surface area contributed by atoms with Gasteiger partial charge < -0.3 is 10.1 Å². The second-order valence-electron chi connectivity index (χ2n) is 5.90. The van der Waals surface area contributed by atoms with Crippen molar-refractivity contribution in [3.8, 4) is 0 Å². The highest BCUT2D eigenvalue weighted by Gasteiger charge is 2.35. The van der Waals surface area contributed by atoms with Crippen LogP contribution in [0.5, 0.6) is 0 Å². The van der Waals surface area contributed by atoms with Gasteiger partial charge in [0.1, 0.15) is 0 Å². The first-order valence-electron chi connectivity index (χ1n) is 7.73. The van der Waals surface area contributed by atoms with Gasteiger partial charge in [-0.15, -0.1) is 0 Å². The van der Waals surface area contributed by atoms with Gasteiger partial charge in [0.25, 0.3) is 0 Å². The maximum absolute atomic E-state index is 5.90. The van der Waals surface area contributed by atoms with Crippen molar-refractivity contribution >= 4 is 0 Å². The van der Waals surface area contributed by atoms with Crippen LogP contribution in [0.15, 0.2) is 12.1 Å². The normalized spacial score (nSPS) is 13.6. The Bertz CT molecular complexity index is 404. The Morgan fingerprint density at radius 3 is 1.95 bits per heavy atom. The first-order chi connectivity index (χ1) is 9.43. The topological polar surface area (TPSA) is 21.3 Å². The minimum absolute atomic E-state index is 0.0848. The van der Waals surface area contributed by atoms with Gasteiger partial charge in [0.2, 0.25) is 0 Å². The highest BCUT2D eigenvalue weighted by Crippen LogP contribution is 2.28. The summed E-state index contributed by atoms with van der Waals surface area (Å²) < 4.78 is 5.90. The van der Waals surface area contributed by atoms with Gasteiger partial charge in [-0.25, -0.2) is 0 Å². The van der Waals surface area contributed by atoms with Crippen LogP contribution in [0, 0.1) is 20.8 Å². The van der Waals surface area contributed by atoms with E-state index in [2.05, 4.69) is 52.1 Å². The van der Waals surface area contributed by atoms with Crippen molar-refractivity contribution in [2.24, 2.45) is 0 Å². The van der Waals surface area contributed by atoms with Crippen molar-refractivity contribution < 1.29 is 4.74 Å². The fourth-order valence-corrected chi connectivity index (χ4v) is 3.46. The number of methoxy groups -OCH3 is 1. The zero-order valence-electron chi connectivity index (χ0n) is 14.3. The van der Waals surface area contributed by atoms with E-state index in [0.29, 0.717) is 6.04 Å². The third-order valence-corrected chi connectivity index (χ3v) is 4.84. The third-order valence-electron chi connectivity index (χ3n) is 4.84. The maximum atomic E-state index is 5.90. The third kappa shape index (κ3) is 3.42. The molecule has 0 saturated heterocycles. The fraction of sp³-hybridized carbons (Fsp3) is 0.667. The summed E-state index contributed by atoms with van der Waals surface area (Å²) in [5.41, 5.74) is 5.49. The molecule has 114 valence electrons. The molecular formula is C18H31NO. The molecule has 1 N–H and O–H groups in total. The summed E-state index contributed by atoms with van der Waals surface area (Å²) in [6.45, 7) is 11.0. The van der Waals surface area contributed by atoms with Crippen molar-refractivity contribution in [3.63, 3.8) is 0 Å². The second-order valence-corrected chi connectivity index (χ2v) is 5.90. The number of nitrogens with one attached hydrogen (secondary N) is 1. The van der Waals surface area contributed by atoms with Crippen LogP contribution < -0.4 is 5.32 Å². The largest absolute Gasteiger partial charge is 0.377 e. The highest BCUT2D eigenvalue weighted by molar-refractivity contribution is 5.38. The van der Waals surface area contributed by atoms with Crippen LogP contribution in [0.2, 0.25) is 0 Å². The number of likely N-dealkylation sites (N-methyl/N-ethyl adjacent to an activating group) is 1. The first-order valence-corrected chi connectivity index (χ1v) is 7.73. The van der Waals surface area contributed by atoms with Crippen molar-refractivity contribution in [1.29, 1.82) is 0 Å². The molecule has 1 atom stereocenters. The standard InChI is InChI=1S/C18H31NO/c1-8-18(9-2,20-7)17(19-6)12-16-14(4)10-13(3)11-15(16)5/h10-11,17,19H,8-9,12H2,1-7H3. The van der Waals surface area contributed by atoms with E-state index in [1.807, 2.05) is 14.2 Å². The number of hydrogen-bond acceptors (Lipinski definition) is 2. The van der Waals surface area contributed by atoms with Gasteiger partial charge in [-0.05, 0) is 63.8 Å². The summed E-state index contributed by atoms with van der Waals surface area (Å²) in [6.07, 6.45) is 3.06. The monoisotopic (exact) mass is 277 g/mol. The van der Waals surface area contributed by atoms with Crippen molar-refractivity contribution in [1.82, 2.24) is 5.32 Å². The van der Waals surface area contributed by atoms with Crippen molar-refractivity contribution in [3.05, 3.63) is 34.4 Å². The molecular weight excluding hydrogens is 246 g/mol. The molecule has 0 spiro atoms.